The fourth-order valence-corrected chi connectivity index (χ4v) is 3.40. The Labute approximate surface area is 151 Å². The van der Waals surface area contributed by atoms with E-state index in [0.29, 0.717) is 5.92 Å². The Balaban J connectivity index is 1.54. The third kappa shape index (κ3) is 2.54. The maximum Gasteiger partial charge on any atom is 0.160 e. The van der Waals surface area contributed by atoms with Crippen LogP contribution in [0.2, 0.25) is 0 Å². The van der Waals surface area contributed by atoms with Crippen LogP contribution in [-0.2, 0) is 14.1 Å². The Kier molecular flexibility index (Phi) is 3.31. The number of aromatic nitrogens is 5. The van der Waals surface area contributed by atoms with Gasteiger partial charge in [-0.25, -0.2) is 4.98 Å². The van der Waals surface area contributed by atoms with Gasteiger partial charge in [0.1, 0.15) is 11.6 Å². The fraction of sp³-hybridized carbons (Fsp3) is 0.250. The van der Waals surface area contributed by atoms with Gasteiger partial charge in [-0.2, -0.15) is 10.2 Å². The van der Waals surface area contributed by atoms with Crippen molar-refractivity contribution in [2.24, 2.45) is 14.1 Å². The van der Waals surface area contributed by atoms with Crippen molar-refractivity contribution in [1.29, 1.82) is 0 Å². The lowest BCUT2D eigenvalue weighted by Gasteiger charge is -2.09. The molecule has 1 aliphatic rings. The van der Waals surface area contributed by atoms with E-state index < -0.39 is 0 Å². The molecule has 0 radical (unpaired) electrons. The summed E-state index contributed by atoms with van der Waals surface area (Å²) in [5, 5.41) is 13.6. The molecule has 5 rings (SSSR count). The summed E-state index contributed by atoms with van der Waals surface area (Å²) in [4.78, 5) is 4.77. The Morgan fingerprint density at radius 1 is 1.04 bits per heavy atom. The zero-order valence-electron chi connectivity index (χ0n) is 14.8. The van der Waals surface area contributed by atoms with Gasteiger partial charge in [0.25, 0.3) is 0 Å². The highest BCUT2D eigenvalue weighted by molar-refractivity contribution is 5.82. The zero-order chi connectivity index (χ0) is 17.7. The van der Waals surface area contributed by atoms with Gasteiger partial charge in [0.2, 0.25) is 0 Å². The predicted molar refractivity (Wildman–Crippen MR) is 102 cm³/mol. The van der Waals surface area contributed by atoms with Crippen molar-refractivity contribution >= 4 is 22.7 Å². The third-order valence-corrected chi connectivity index (χ3v) is 4.96. The summed E-state index contributed by atoms with van der Waals surface area (Å²) in [5.74, 6) is 2.39. The van der Waals surface area contributed by atoms with E-state index in [9.17, 15) is 0 Å². The average molecular weight is 344 g/mol. The first-order valence-electron chi connectivity index (χ1n) is 8.88. The van der Waals surface area contributed by atoms with Crippen molar-refractivity contribution in [3.8, 4) is 11.3 Å². The molecule has 130 valence electrons. The van der Waals surface area contributed by atoms with E-state index in [0.717, 1.165) is 33.9 Å². The molecular formula is C20H20N6. The lowest BCUT2D eigenvalue weighted by molar-refractivity contribution is 0.777. The minimum absolute atomic E-state index is 0.636. The number of pyridine rings is 1. The maximum atomic E-state index is 4.77. The molecule has 0 atom stereocenters. The molecule has 6 heteroatoms. The number of anilines is 2. The highest BCUT2D eigenvalue weighted by Gasteiger charge is 2.27. The minimum Gasteiger partial charge on any atom is -0.325 e. The number of hydrogen-bond donors (Lipinski definition) is 1. The van der Waals surface area contributed by atoms with E-state index in [1.807, 2.05) is 47.9 Å². The molecule has 4 aromatic rings. The number of nitrogens with one attached hydrogen (secondary N) is 1. The van der Waals surface area contributed by atoms with Crippen LogP contribution in [0.5, 0.6) is 0 Å². The zero-order valence-corrected chi connectivity index (χ0v) is 14.8. The first kappa shape index (κ1) is 15.1. The molecule has 3 heterocycles. The second kappa shape index (κ2) is 5.69. The van der Waals surface area contributed by atoms with Crippen LogP contribution in [0.1, 0.15) is 24.3 Å². The molecule has 1 aliphatic carbocycles. The van der Waals surface area contributed by atoms with Crippen LogP contribution in [0.25, 0.3) is 22.3 Å². The summed E-state index contributed by atoms with van der Waals surface area (Å²) in [6.45, 7) is 0. The summed E-state index contributed by atoms with van der Waals surface area (Å²) in [7, 11) is 3.88. The second-order valence-electron chi connectivity index (χ2n) is 6.91. The highest BCUT2D eigenvalue weighted by atomic mass is 15.3. The number of rotatable bonds is 4. The lowest BCUT2D eigenvalue weighted by Crippen LogP contribution is -2.02. The van der Waals surface area contributed by atoms with Gasteiger partial charge in [-0.15, -0.1) is 0 Å². The molecule has 3 aromatic heterocycles. The molecule has 1 fully saturated rings. The van der Waals surface area contributed by atoms with Gasteiger partial charge in [0, 0.05) is 31.1 Å². The SMILES string of the molecule is Cn1nc(-c2ccccc2)cc1Nc1cc(C2CC2)c2cnn(C)c2n1. The van der Waals surface area contributed by atoms with Crippen molar-refractivity contribution in [3.05, 3.63) is 54.2 Å². The van der Waals surface area contributed by atoms with E-state index in [1.54, 1.807) is 0 Å². The van der Waals surface area contributed by atoms with E-state index in [-0.39, 0.29) is 0 Å². The third-order valence-electron chi connectivity index (χ3n) is 4.96. The summed E-state index contributed by atoms with van der Waals surface area (Å²) in [6, 6.07) is 14.4. The summed E-state index contributed by atoms with van der Waals surface area (Å²) in [6.07, 6.45) is 4.42. The number of benzene rings is 1. The van der Waals surface area contributed by atoms with Gasteiger partial charge in [-0.05, 0) is 30.4 Å². The van der Waals surface area contributed by atoms with Crippen molar-refractivity contribution < 1.29 is 0 Å². The molecule has 0 spiro atoms. The fourth-order valence-electron chi connectivity index (χ4n) is 3.40. The van der Waals surface area contributed by atoms with Crippen LogP contribution in [-0.4, -0.2) is 24.5 Å². The number of nitrogens with zero attached hydrogens (tertiary/aromatic N) is 5. The largest absolute Gasteiger partial charge is 0.325 e. The van der Waals surface area contributed by atoms with E-state index in [1.165, 1.54) is 18.4 Å². The monoisotopic (exact) mass is 344 g/mol. The quantitative estimate of drug-likeness (QED) is 0.608. The molecule has 0 unspecified atom stereocenters. The Morgan fingerprint density at radius 2 is 1.85 bits per heavy atom. The van der Waals surface area contributed by atoms with Crippen LogP contribution in [0.15, 0.2) is 48.7 Å². The van der Waals surface area contributed by atoms with Gasteiger partial charge in [-0.3, -0.25) is 9.36 Å². The van der Waals surface area contributed by atoms with Crippen molar-refractivity contribution in [2.45, 2.75) is 18.8 Å². The predicted octanol–water partition coefficient (Wildman–Crippen LogP) is 3.99. The van der Waals surface area contributed by atoms with Crippen LogP contribution in [0, 0.1) is 0 Å². The molecule has 0 saturated heterocycles. The molecule has 6 nitrogen and oxygen atoms in total. The molecule has 1 N–H and O–H groups in total. The van der Waals surface area contributed by atoms with E-state index in [4.69, 9.17) is 4.98 Å². The number of fused-ring (bicyclic) bond motifs is 1. The van der Waals surface area contributed by atoms with E-state index >= 15 is 0 Å². The lowest BCUT2D eigenvalue weighted by atomic mass is 10.1. The maximum absolute atomic E-state index is 4.77. The van der Waals surface area contributed by atoms with Gasteiger partial charge >= 0.3 is 0 Å². The van der Waals surface area contributed by atoms with Gasteiger partial charge in [0.15, 0.2) is 5.65 Å². The number of hydrogen-bond acceptors (Lipinski definition) is 4. The van der Waals surface area contributed by atoms with Crippen molar-refractivity contribution in [2.75, 3.05) is 5.32 Å². The van der Waals surface area contributed by atoms with E-state index in [2.05, 4.69) is 39.8 Å². The molecule has 1 aromatic carbocycles. The molecule has 0 amide bonds. The Hall–Kier alpha value is -3.15. The van der Waals surface area contributed by atoms with Crippen LogP contribution >= 0.6 is 0 Å². The smallest absolute Gasteiger partial charge is 0.160 e. The first-order valence-corrected chi connectivity index (χ1v) is 8.88. The van der Waals surface area contributed by atoms with Crippen LogP contribution < -0.4 is 5.32 Å². The normalized spacial score (nSPS) is 14.1. The highest BCUT2D eigenvalue weighted by Crippen LogP contribution is 2.43. The van der Waals surface area contributed by atoms with Crippen LogP contribution in [0.3, 0.4) is 0 Å². The molecule has 26 heavy (non-hydrogen) atoms. The van der Waals surface area contributed by atoms with Gasteiger partial charge in [-0.1, -0.05) is 30.3 Å². The summed E-state index contributed by atoms with van der Waals surface area (Å²) in [5.41, 5.74) is 4.31. The topological polar surface area (TPSA) is 60.6 Å². The molecule has 0 aliphatic heterocycles. The van der Waals surface area contributed by atoms with Gasteiger partial charge < -0.3 is 5.32 Å². The Bertz CT molecular complexity index is 1090. The minimum atomic E-state index is 0.636. The number of aryl methyl sites for hydroxylation is 2. The Morgan fingerprint density at radius 3 is 2.62 bits per heavy atom. The summed E-state index contributed by atoms with van der Waals surface area (Å²) < 4.78 is 3.69. The summed E-state index contributed by atoms with van der Waals surface area (Å²) >= 11 is 0. The van der Waals surface area contributed by atoms with Crippen molar-refractivity contribution in [3.63, 3.8) is 0 Å². The van der Waals surface area contributed by atoms with Gasteiger partial charge in [0.05, 0.1) is 11.9 Å². The standard InChI is InChI=1S/C20H20N6/c1-25-19(11-17(24-25)14-6-4-3-5-7-14)22-18-10-15(13-8-9-13)16-12-21-26(2)20(16)23-18/h3-7,10-13H,8-9H2,1-2H3,(H,22,23). The van der Waals surface area contributed by atoms with Crippen molar-refractivity contribution in [1.82, 2.24) is 24.5 Å². The van der Waals surface area contributed by atoms with Crippen LogP contribution in [0.4, 0.5) is 11.6 Å². The molecular weight excluding hydrogens is 324 g/mol. The molecule has 1 saturated carbocycles. The average Bonchev–Trinajstić information content (AvgIpc) is 3.36. The molecule has 0 bridgehead atoms. The first-order chi connectivity index (χ1) is 12.7. The second-order valence-corrected chi connectivity index (χ2v) is 6.91.